The zero-order chi connectivity index (χ0) is 22.6. The van der Waals surface area contributed by atoms with Crippen LogP contribution in [0.15, 0.2) is 30.3 Å². The number of carbonyl (C=O) groups excluding carboxylic acids is 1. The second-order valence-corrected chi connectivity index (χ2v) is 8.67. The summed E-state index contributed by atoms with van der Waals surface area (Å²) < 4.78 is 47.0. The van der Waals surface area contributed by atoms with E-state index in [1.165, 1.54) is 6.92 Å². The molecule has 1 fully saturated rings. The Hall–Kier alpha value is -3.10. The van der Waals surface area contributed by atoms with Crippen molar-refractivity contribution in [2.75, 3.05) is 13.1 Å². The zero-order valence-corrected chi connectivity index (χ0v) is 17.8. The van der Waals surface area contributed by atoms with Gasteiger partial charge in [-0.25, -0.2) is 9.50 Å². The maximum atomic E-state index is 13.5. The van der Waals surface area contributed by atoms with Gasteiger partial charge in [0, 0.05) is 42.8 Å². The van der Waals surface area contributed by atoms with Crippen LogP contribution in [-0.2, 0) is 12.6 Å². The standard InChI is InChI=1S/C23H23F3N4O2/c1-13-8-20(23(24,25)26)30-21(27-13)11-18(28-30)16-4-3-7-29(12-16)22(31)15-5-6-19-17(10-15)9-14(2)32-19/h5-6,8,10-11,14,16H,3-4,7,9,12H2,1-2H3/t14-,16-/m1/s1. The molecule has 6 nitrogen and oxygen atoms in total. The highest BCUT2D eigenvalue weighted by Crippen LogP contribution is 2.33. The molecule has 168 valence electrons. The highest BCUT2D eigenvalue weighted by molar-refractivity contribution is 5.94. The van der Waals surface area contributed by atoms with Crippen LogP contribution in [0.4, 0.5) is 13.2 Å². The Kier molecular flexibility index (Phi) is 4.87. The molecule has 0 bridgehead atoms. The Bertz CT molecular complexity index is 1200. The van der Waals surface area contributed by atoms with Crippen molar-refractivity contribution >= 4 is 11.6 Å². The highest BCUT2D eigenvalue weighted by atomic mass is 19.4. The van der Waals surface area contributed by atoms with Gasteiger partial charge >= 0.3 is 6.18 Å². The third-order valence-electron chi connectivity index (χ3n) is 6.13. The molecule has 0 N–H and O–H groups in total. The van der Waals surface area contributed by atoms with Gasteiger partial charge in [0.2, 0.25) is 0 Å². The van der Waals surface area contributed by atoms with E-state index in [1.54, 1.807) is 17.0 Å². The van der Waals surface area contributed by atoms with E-state index in [1.807, 2.05) is 19.1 Å². The van der Waals surface area contributed by atoms with Gasteiger partial charge in [-0.2, -0.15) is 18.3 Å². The molecular weight excluding hydrogens is 421 g/mol. The summed E-state index contributed by atoms with van der Waals surface area (Å²) in [5.41, 5.74) is 1.77. The number of aryl methyl sites for hydroxylation is 1. The quantitative estimate of drug-likeness (QED) is 0.588. The van der Waals surface area contributed by atoms with E-state index in [0.717, 1.165) is 41.2 Å². The zero-order valence-electron chi connectivity index (χ0n) is 17.8. The van der Waals surface area contributed by atoms with E-state index in [-0.39, 0.29) is 29.3 Å². The molecule has 2 aromatic heterocycles. The number of aromatic nitrogens is 3. The molecule has 0 aliphatic carbocycles. The number of nitrogens with zero attached hydrogens (tertiary/aromatic N) is 4. The fourth-order valence-corrected chi connectivity index (χ4v) is 4.66. The minimum atomic E-state index is -4.53. The Morgan fingerprint density at radius 1 is 1.22 bits per heavy atom. The van der Waals surface area contributed by atoms with Gasteiger partial charge in [0.15, 0.2) is 5.65 Å². The molecule has 1 amide bonds. The van der Waals surface area contributed by atoms with Crippen molar-refractivity contribution in [2.24, 2.45) is 0 Å². The Balaban J connectivity index is 1.40. The molecule has 9 heteroatoms. The molecule has 2 aliphatic rings. The number of ether oxygens (including phenoxy) is 1. The average Bonchev–Trinajstić information content (AvgIpc) is 3.33. The minimum absolute atomic E-state index is 0.0780. The molecule has 5 rings (SSSR count). The van der Waals surface area contributed by atoms with E-state index in [4.69, 9.17) is 4.74 Å². The molecule has 1 saturated heterocycles. The van der Waals surface area contributed by atoms with E-state index in [0.29, 0.717) is 24.3 Å². The van der Waals surface area contributed by atoms with Crippen LogP contribution in [0.5, 0.6) is 5.75 Å². The van der Waals surface area contributed by atoms with E-state index in [9.17, 15) is 18.0 Å². The van der Waals surface area contributed by atoms with Crippen molar-refractivity contribution in [3.05, 3.63) is 58.5 Å². The molecular formula is C23H23F3N4O2. The summed E-state index contributed by atoms with van der Waals surface area (Å²) in [6, 6.07) is 8.10. The molecule has 2 atom stereocenters. The lowest BCUT2D eigenvalue weighted by atomic mass is 9.94. The van der Waals surface area contributed by atoms with Crippen molar-refractivity contribution in [2.45, 2.75) is 51.3 Å². The maximum absolute atomic E-state index is 13.5. The Morgan fingerprint density at radius 2 is 2.03 bits per heavy atom. The van der Waals surface area contributed by atoms with Gasteiger partial charge < -0.3 is 9.64 Å². The van der Waals surface area contributed by atoms with Crippen LogP contribution in [0.25, 0.3) is 5.65 Å². The number of halogens is 3. The number of amides is 1. The van der Waals surface area contributed by atoms with Crippen molar-refractivity contribution in [1.29, 1.82) is 0 Å². The summed E-state index contributed by atoms with van der Waals surface area (Å²) in [7, 11) is 0. The first-order valence-electron chi connectivity index (χ1n) is 10.7. The van der Waals surface area contributed by atoms with Crippen LogP contribution in [0, 0.1) is 6.92 Å². The lowest BCUT2D eigenvalue weighted by molar-refractivity contribution is -0.142. The number of fused-ring (bicyclic) bond motifs is 2. The first-order valence-corrected chi connectivity index (χ1v) is 10.7. The van der Waals surface area contributed by atoms with Crippen LogP contribution in [-0.4, -0.2) is 44.6 Å². The van der Waals surface area contributed by atoms with Gasteiger partial charge in [0.1, 0.15) is 17.5 Å². The smallest absolute Gasteiger partial charge is 0.433 e. The normalized spacial score (nSPS) is 21.0. The van der Waals surface area contributed by atoms with Crippen LogP contribution < -0.4 is 4.74 Å². The number of likely N-dealkylation sites (tertiary alicyclic amines) is 1. The van der Waals surface area contributed by atoms with Gasteiger partial charge in [-0.1, -0.05) is 0 Å². The number of hydrogen-bond acceptors (Lipinski definition) is 4. The lowest BCUT2D eigenvalue weighted by Crippen LogP contribution is -2.39. The topological polar surface area (TPSA) is 59.7 Å². The van der Waals surface area contributed by atoms with Crippen LogP contribution in [0.2, 0.25) is 0 Å². The van der Waals surface area contributed by atoms with Gasteiger partial charge in [0.25, 0.3) is 5.91 Å². The molecule has 0 saturated carbocycles. The minimum Gasteiger partial charge on any atom is -0.490 e. The summed E-state index contributed by atoms with van der Waals surface area (Å²) in [5, 5.41) is 4.25. The Morgan fingerprint density at radius 3 is 2.81 bits per heavy atom. The molecule has 1 aromatic carbocycles. The number of carbonyl (C=O) groups is 1. The molecule has 3 aromatic rings. The molecule has 4 heterocycles. The lowest BCUT2D eigenvalue weighted by Gasteiger charge is -2.32. The van der Waals surface area contributed by atoms with Crippen molar-refractivity contribution in [3.8, 4) is 5.75 Å². The summed E-state index contributed by atoms with van der Waals surface area (Å²) in [6.45, 7) is 4.54. The monoisotopic (exact) mass is 444 g/mol. The second-order valence-electron chi connectivity index (χ2n) is 8.67. The van der Waals surface area contributed by atoms with Crippen molar-refractivity contribution in [3.63, 3.8) is 0 Å². The molecule has 2 aliphatic heterocycles. The third kappa shape index (κ3) is 3.69. The summed E-state index contributed by atoms with van der Waals surface area (Å²) in [6.07, 6.45) is -2.15. The number of alkyl halides is 3. The number of benzene rings is 1. The fourth-order valence-electron chi connectivity index (χ4n) is 4.66. The van der Waals surface area contributed by atoms with Crippen molar-refractivity contribution < 1.29 is 22.7 Å². The molecule has 0 unspecified atom stereocenters. The second kappa shape index (κ2) is 7.50. The summed E-state index contributed by atoms with van der Waals surface area (Å²) >= 11 is 0. The summed E-state index contributed by atoms with van der Waals surface area (Å²) in [5.74, 6) is 0.595. The summed E-state index contributed by atoms with van der Waals surface area (Å²) in [4.78, 5) is 19.1. The van der Waals surface area contributed by atoms with Crippen LogP contribution in [0.1, 0.15) is 58.7 Å². The van der Waals surface area contributed by atoms with Crippen LogP contribution >= 0.6 is 0 Å². The largest absolute Gasteiger partial charge is 0.490 e. The molecule has 0 spiro atoms. The first kappa shape index (κ1) is 20.8. The van der Waals surface area contributed by atoms with Gasteiger partial charge in [-0.3, -0.25) is 4.79 Å². The number of rotatable bonds is 2. The highest BCUT2D eigenvalue weighted by Gasteiger charge is 2.36. The van der Waals surface area contributed by atoms with Gasteiger partial charge in [-0.05, 0) is 56.5 Å². The maximum Gasteiger partial charge on any atom is 0.433 e. The Labute approximate surface area is 183 Å². The predicted octanol–water partition coefficient (Wildman–Crippen LogP) is 4.40. The predicted molar refractivity (Wildman–Crippen MR) is 111 cm³/mol. The molecule has 32 heavy (non-hydrogen) atoms. The fraction of sp³-hybridized carbons (Fsp3) is 0.435. The van der Waals surface area contributed by atoms with Gasteiger partial charge in [0.05, 0.1) is 5.69 Å². The van der Waals surface area contributed by atoms with Gasteiger partial charge in [-0.15, -0.1) is 0 Å². The average molecular weight is 444 g/mol. The third-order valence-corrected chi connectivity index (χ3v) is 6.13. The van der Waals surface area contributed by atoms with Crippen LogP contribution in [0.3, 0.4) is 0 Å². The number of piperidine rings is 1. The SMILES string of the molecule is Cc1cc(C(F)(F)F)n2nc([C@@H]3CCCN(C(=O)c4ccc5c(c4)C[C@@H](C)O5)C3)cc2n1. The van der Waals surface area contributed by atoms with Crippen molar-refractivity contribution in [1.82, 2.24) is 19.5 Å². The molecule has 0 radical (unpaired) electrons. The first-order chi connectivity index (χ1) is 15.2. The van der Waals surface area contributed by atoms with E-state index < -0.39 is 11.9 Å². The van der Waals surface area contributed by atoms with E-state index in [2.05, 4.69) is 10.1 Å². The number of hydrogen-bond donors (Lipinski definition) is 0. The van der Waals surface area contributed by atoms with E-state index >= 15 is 0 Å².